The minimum atomic E-state index is -3.36. The summed E-state index contributed by atoms with van der Waals surface area (Å²) in [5, 5.41) is 0. The summed E-state index contributed by atoms with van der Waals surface area (Å²) in [7, 11) is -3.36. The molecule has 6 heteroatoms. The van der Waals surface area contributed by atoms with E-state index in [2.05, 4.69) is 11.6 Å². The molecule has 1 unspecified atom stereocenters. The predicted molar refractivity (Wildman–Crippen MR) is 84.9 cm³/mol. The van der Waals surface area contributed by atoms with Gasteiger partial charge >= 0.3 is 0 Å². The van der Waals surface area contributed by atoms with Gasteiger partial charge in [-0.2, -0.15) is 12.7 Å². The molecule has 1 aliphatic heterocycles. The first kappa shape index (κ1) is 16.4. The molecular formula is C15H25N3O2S. The quantitative estimate of drug-likeness (QED) is 0.838. The van der Waals surface area contributed by atoms with Gasteiger partial charge < -0.3 is 5.73 Å². The SMILES string of the molecule is CC1CCN(S(=O)(=O)NCCC(N)c2ccccc2)CC1. The Morgan fingerprint density at radius 3 is 2.52 bits per heavy atom. The number of piperidine rings is 1. The van der Waals surface area contributed by atoms with Crippen molar-refractivity contribution >= 4 is 10.2 Å². The molecule has 1 atom stereocenters. The van der Waals surface area contributed by atoms with Crippen LogP contribution in [-0.4, -0.2) is 32.4 Å². The van der Waals surface area contributed by atoms with E-state index in [4.69, 9.17) is 5.73 Å². The lowest BCUT2D eigenvalue weighted by Gasteiger charge is -2.29. The summed E-state index contributed by atoms with van der Waals surface area (Å²) in [6.07, 6.45) is 2.46. The fraction of sp³-hybridized carbons (Fsp3) is 0.600. The summed E-state index contributed by atoms with van der Waals surface area (Å²) in [4.78, 5) is 0. The molecule has 1 heterocycles. The highest BCUT2D eigenvalue weighted by atomic mass is 32.2. The number of nitrogens with one attached hydrogen (secondary N) is 1. The Balaban J connectivity index is 1.79. The van der Waals surface area contributed by atoms with Gasteiger partial charge in [0, 0.05) is 25.7 Å². The van der Waals surface area contributed by atoms with Gasteiger partial charge in [0.25, 0.3) is 10.2 Å². The smallest absolute Gasteiger partial charge is 0.279 e. The molecule has 5 nitrogen and oxygen atoms in total. The van der Waals surface area contributed by atoms with Gasteiger partial charge in [0.05, 0.1) is 0 Å². The van der Waals surface area contributed by atoms with Crippen LogP contribution in [0.1, 0.15) is 37.8 Å². The summed E-state index contributed by atoms with van der Waals surface area (Å²) in [5.74, 6) is 0.614. The van der Waals surface area contributed by atoms with Crippen molar-refractivity contribution in [1.29, 1.82) is 0 Å². The Morgan fingerprint density at radius 1 is 1.29 bits per heavy atom. The average molecular weight is 311 g/mol. The molecule has 0 spiro atoms. The molecule has 0 amide bonds. The highest BCUT2D eigenvalue weighted by molar-refractivity contribution is 7.87. The van der Waals surface area contributed by atoms with E-state index in [1.165, 1.54) is 0 Å². The van der Waals surface area contributed by atoms with Crippen LogP contribution >= 0.6 is 0 Å². The normalized spacial score (nSPS) is 19.5. The van der Waals surface area contributed by atoms with Gasteiger partial charge in [-0.25, -0.2) is 4.72 Å². The number of hydrogen-bond donors (Lipinski definition) is 2. The number of rotatable bonds is 6. The zero-order valence-electron chi connectivity index (χ0n) is 12.5. The van der Waals surface area contributed by atoms with Crippen molar-refractivity contribution in [3.05, 3.63) is 35.9 Å². The Hall–Kier alpha value is -0.950. The van der Waals surface area contributed by atoms with Crippen molar-refractivity contribution in [1.82, 2.24) is 9.03 Å². The standard InChI is InChI=1S/C15H25N3O2S/c1-13-8-11-18(12-9-13)21(19,20)17-10-7-15(16)14-5-3-2-4-6-14/h2-6,13,15,17H,7-12,16H2,1H3. The maximum Gasteiger partial charge on any atom is 0.279 e. The van der Waals surface area contributed by atoms with Gasteiger partial charge in [0.1, 0.15) is 0 Å². The van der Waals surface area contributed by atoms with E-state index >= 15 is 0 Å². The molecule has 0 saturated carbocycles. The number of benzene rings is 1. The van der Waals surface area contributed by atoms with Gasteiger partial charge in [-0.1, -0.05) is 37.3 Å². The van der Waals surface area contributed by atoms with Crippen molar-refractivity contribution in [2.45, 2.75) is 32.2 Å². The van der Waals surface area contributed by atoms with Crippen molar-refractivity contribution in [3.8, 4) is 0 Å². The molecule has 1 aromatic rings. The summed E-state index contributed by atoms with van der Waals surface area (Å²) < 4.78 is 28.6. The highest BCUT2D eigenvalue weighted by Crippen LogP contribution is 2.18. The third-order valence-electron chi connectivity index (χ3n) is 4.05. The third-order valence-corrected chi connectivity index (χ3v) is 5.66. The molecule has 0 aromatic heterocycles. The van der Waals surface area contributed by atoms with Crippen LogP contribution in [0.4, 0.5) is 0 Å². The Morgan fingerprint density at radius 2 is 1.90 bits per heavy atom. The van der Waals surface area contributed by atoms with Crippen LogP contribution in [0.15, 0.2) is 30.3 Å². The monoisotopic (exact) mass is 311 g/mol. The van der Waals surface area contributed by atoms with Crippen LogP contribution in [0.2, 0.25) is 0 Å². The largest absolute Gasteiger partial charge is 0.324 e. The van der Waals surface area contributed by atoms with Crippen LogP contribution in [0.25, 0.3) is 0 Å². The van der Waals surface area contributed by atoms with Crippen LogP contribution in [0, 0.1) is 5.92 Å². The van der Waals surface area contributed by atoms with Gasteiger partial charge in [0.2, 0.25) is 0 Å². The molecule has 1 aliphatic rings. The minimum Gasteiger partial charge on any atom is -0.324 e. The lowest BCUT2D eigenvalue weighted by molar-refractivity contribution is 0.285. The van der Waals surface area contributed by atoms with Crippen LogP contribution in [-0.2, 0) is 10.2 Å². The molecule has 0 radical (unpaired) electrons. The molecular weight excluding hydrogens is 286 g/mol. The second-order valence-electron chi connectivity index (χ2n) is 5.79. The van der Waals surface area contributed by atoms with E-state index in [0.29, 0.717) is 32.0 Å². The first-order valence-electron chi connectivity index (χ1n) is 7.54. The van der Waals surface area contributed by atoms with Gasteiger partial charge in [-0.05, 0) is 30.7 Å². The van der Waals surface area contributed by atoms with Crippen molar-refractivity contribution in [2.75, 3.05) is 19.6 Å². The maximum atomic E-state index is 12.2. The topological polar surface area (TPSA) is 75.4 Å². The van der Waals surface area contributed by atoms with Crippen molar-refractivity contribution in [2.24, 2.45) is 11.7 Å². The maximum absolute atomic E-state index is 12.2. The van der Waals surface area contributed by atoms with Crippen LogP contribution < -0.4 is 10.5 Å². The third kappa shape index (κ3) is 4.78. The van der Waals surface area contributed by atoms with E-state index in [1.54, 1.807) is 4.31 Å². The molecule has 21 heavy (non-hydrogen) atoms. The molecule has 1 aromatic carbocycles. The highest BCUT2D eigenvalue weighted by Gasteiger charge is 2.25. The van der Waals surface area contributed by atoms with E-state index in [1.807, 2.05) is 30.3 Å². The Kier molecular flexibility index (Phi) is 5.75. The first-order valence-corrected chi connectivity index (χ1v) is 8.98. The second kappa shape index (κ2) is 7.35. The summed E-state index contributed by atoms with van der Waals surface area (Å²) in [5.41, 5.74) is 7.10. The van der Waals surface area contributed by atoms with E-state index in [9.17, 15) is 8.42 Å². The molecule has 1 saturated heterocycles. The van der Waals surface area contributed by atoms with Crippen LogP contribution in [0.3, 0.4) is 0 Å². The lowest BCUT2D eigenvalue weighted by Crippen LogP contribution is -2.45. The lowest BCUT2D eigenvalue weighted by atomic mass is 10.0. The van der Waals surface area contributed by atoms with E-state index in [-0.39, 0.29) is 6.04 Å². The summed E-state index contributed by atoms with van der Waals surface area (Å²) >= 11 is 0. The van der Waals surface area contributed by atoms with Crippen molar-refractivity contribution < 1.29 is 8.42 Å². The summed E-state index contributed by atoms with van der Waals surface area (Å²) in [6, 6.07) is 9.60. The van der Waals surface area contributed by atoms with Crippen molar-refractivity contribution in [3.63, 3.8) is 0 Å². The molecule has 2 rings (SSSR count). The van der Waals surface area contributed by atoms with Gasteiger partial charge in [-0.3, -0.25) is 0 Å². The molecule has 0 aliphatic carbocycles. The van der Waals surface area contributed by atoms with Gasteiger partial charge in [-0.15, -0.1) is 0 Å². The van der Waals surface area contributed by atoms with E-state index < -0.39 is 10.2 Å². The zero-order chi connectivity index (χ0) is 15.3. The molecule has 0 bridgehead atoms. The Labute approximate surface area is 127 Å². The minimum absolute atomic E-state index is 0.143. The number of nitrogens with two attached hydrogens (primary N) is 1. The summed E-state index contributed by atoms with van der Waals surface area (Å²) in [6.45, 7) is 3.75. The zero-order valence-corrected chi connectivity index (χ0v) is 13.3. The number of nitrogens with zero attached hydrogens (tertiary/aromatic N) is 1. The second-order valence-corrected chi connectivity index (χ2v) is 7.54. The average Bonchev–Trinajstić information content (AvgIpc) is 2.48. The Bertz CT molecular complexity index is 525. The first-order chi connectivity index (χ1) is 9.99. The molecule has 118 valence electrons. The van der Waals surface area contributed by atoms with E-state index in [0.717, 1.165) is 18.4 Å². The predicted octanol–water partition coefficient (Wildman–Crippen LogP) is 1.64. The molecule has 1 fully saturated rings. The fourth-order valence-corrected chi connectivity index (χ4v) is 3.78. The van der Waals surface area contributed by atoms with Gasteiger partial charge in [0.15, 0.2) is 0 Å². The number of hydrogen-bond acceptors (Lipinski definition) is 3. The fourth-order valence-electron chi connectivity index (χ4n) is 2.53. The molecule has 3 N–H and O–H groups in total. The van der Waals surface area contributed by atoms with Crippen LogP contribution in [0.5, 0.6) is 0 Å².